The Bertz CT molecular complexity index is 260. The van der Waals surface area contributed by atoms with Gasteiger partial charge in [-0.2, -0.15) is 0 Å². The van der Waals surface area contributed by atoms with Crippen molar-refractivity contribution < 1.29 is 0 Å². The molecule has 0 amide bonds. The van der Waals surface area contributed by atoms with Crippen LogP contribution in [-0.4, -0.2) is 18.1 Å². The van der Waals surface area contributed by atoms with Gasteiger partial charge in [-0.25, -0.2) is 4.98 Å². The lowest BCUT2D eigenvalue weighted by Crippen LogP contribution is -2.24. The van der Waals surface area contributed by atoms with Gasteiger partial charge >= 0.3 is 0 Å². The normalized spacial score (nSPS) is 10.0. The van der Waals surface area contributed by atoms with Crippen LogP contribution in [0.1, 0.15) is 20.3 Å². The maximum atomic E-state index is 5.77. The predicted octanol–water partition coefficient (Wildman–Crippen LogP) is 1.90. The summed E-state index contributed by atoms with van der Waals surface area (Å²) in [5.41, 5.74) is 6.82. The Labute approximate surface area is 79.6 Å². The van der Waals surface area contributed by atoms with Gasteiger partial charge in [0.1, 0.15) is 5.82 Å². The lowest BCUT2D eigenvalue weighted by Gasteiger charge is -2.22. The van der Waals surface area contributed by atoms with Gasteiger partial charge in [-0.15, -0.1) is 0 Å². The lowest BCUT2D eigenvalue weighted by molar-refractivity contribution is 0.791. The van der Waals surface area contributed by atoms with Crippen molar-refractivity contribution in [3.05, 3.63) is 18.3 Å². The molecule has 0 aliphatic rings. The Morgan fingerprint density at radius 2 is 2.23 bits per heavy atom. The van der Waals surface area contributed by atoms with Crippen molar-refractivity contribution in [3.63, 3.8) is 0 Å². The van der Waals surface area contributed by atoms with Crippen molar-refractivity contribution in [3.8, 4) is 0 Å². The largest absolute Gasteiger partial charge is 0.382 e. The third kappa shape index (κ3) is 2.34. The summed E-state index contributed by atoms with van der Waals surface area (Å²) in [5.74, 6) is 0.623. The van der Waals surface area contributed by atoms with Crippen LogP contribution in [0.2, 0.25) is 0 Å². The maximum absolute atomic E-state index is 5.77. The van der Waals surface area contributed by atoms with Gasteiger partial charge in [-0.1, -0.05) is 6.92 Å². The highest BCUT2D eigenvalue weighted by atomic mass is 15.1. The molecule has 0 saturated carbocycles. The van der Waals surface area contributed by atoms with Gasteiger partial charge in [0.05, 0.1) is 5.69 Å². The molecule has 72 valence electrons. The topological polar surface area (TPSA) is 42.2 Å². The van der Waals surface area contributed by atoms with Crippen molar-refractivity contribution in [1.82, 2.24) is 4.98 Å². The van der Waals surface area contributed by atoms with Gasteiger partial charge in [0.25, 0.3) is 0 Å². The van der Waals surface area contributed by atoms with Gasteiger partial charge in [0, 0.05) is 19.3 Å². The number of rotatable bonds is 4. The molecule has 0 atom stereocenters. The summed E-state index contributed by atoms with van der Waals surface area (Å²) in [6.45, 7) is 6.30. The van der Waals surface area contributed by atoms with Gasteiger partial charge in [0.2, 0.25) is 0 Å². The standard InChI is InChI=1S/C10H17N3/c1-3-8-13(4-2)9-6-5-7-12-10(9)11/h5-7H,3-4,8H2,1-2H3,(H2,11,12). The zero-order valence-corrected chi connectivity index (χ0v) is 8.33. The van der Waals surface area contributed by atoms with Crippen LogP contribution in [0, 0.1) is 0 Å². The molecule has 0 fully saturated rings. The molecule has 0 radical (unpaired) electrons. The number of nitrogens with two attached hydrogens (primary N) is 1. The highest BCUT2D eigenvalue weighted by Crippen LogP contribution is 2.19. The molecule has 2 N–H and O–H groups in total. The van der Waals surface area contributed by atoms with Crippen LogP contribution in [0.25, 0.3) is 0 Å². The fraction of sp³-hybridized carbons (Fsp3) is 0.500. The Kier molecular flexibility index (Phi) is 3.55. The van der Waals surface area contributed by atoms with E-state index in [1.165, 1.54) is 0 Å². The summed E-state index contributed by atoms with van der Waals surface area (Å²) < 4.78 is 0. The molecule has 1 aromatic heterocycles. The summed E-state index contributed by atoms with van der Waals surface area (Å²) in [6.07, 6.45) is 2.85. The van der Waals surface area contributed by atoms with Crippen molar-refractivity contribution in [2.45, 2.75) is 20.3 Å². The average Bonchev–Trinajstić information content (AvgIpc) is 2.16. The quantitative estimate of drug-likeness (QED) is 0.767. The summed E-state index contributed by atoms with van der Waals surface area (Å²) >= 11 is 0. The molecule has 0 aliphatic heterocycles. The van der Waals surface area contributed by atoms with E-state index in [1.807, 2.05) is 12.1 Å². The SMILES string of the molecule is CCCN(CC)c1cccnc1N. The molecule has 0 aliphatic carbocycles. The summed E-state index contributed by atoms with van der Waals surface area (Å²) in [5, 5.41) is 0. The van der Waals surface area contributed by atoms with E-state index in [2.05, 4.69) is 23.7 Å². The zero-order valence-electron chi connectivity index (χ0n) is 8.33. The van der Waals surface area contributed by atoms with E-state index >= 15 is 0 Å². The number of nitrogens with zero attached hydrogens (tertiary/aromatic N) is 2. The molecule has 0 saturated heterocycles. The smallest absolute Gasteiger partial charge is 0.146 e. The zero-order chi connectivity index (χ0) is 9.68. The van der Waals surface area contributed by atoms with Gasteiger partial charge in [-0.3, -0.25) is 0 Å². The number of aromatic nitrogens is 1. The fourth-order valence-corrected chi connectivity index (χ4v) is 1.40. The third-order valence-electron chi connectivity index (χ3n) is 2.03. The van der Waals surface area contributed by atoms with Crippen LogP contribution in [0.5, 0.6) is 0 Å². The van der Waals surface area contributed by atoms with Crippen molar-refractivity contribution >= 4 is 11.5 Å². The number of nitrogen functional groups attached to an aromatic ring is 1. The molecule has 0 bridgehead atoms. The first-order chi connectivity index (χ1) is 6.29. The molecule has 13 heavy (non-hydrogen) atoms. The number of hydrogen-bond acceptors (Lipinski definition) is 3. The van der Waals surface area contributed by atoms with Gasteiger partial charge in [-0.05, 0) is 25.5 Å². The second-order valence-corrected chi connectivity index (χ2v) is 2.99. The van der Waals surface area contributed by atoms with Crippen LogP contribution in [0.4, 0.5) is 11.5 Å². The first kappa shape index (κ1) is 9.84. The van der Waals surface area contributed by atoms with E-state index in [-0.39, 0.29) is 0 Å². The summed E-state index contributed by atoms with van der Waals surface area (Å²) in [7, 11) is 0. The molecule has 1 rings (SSSR count). The van der Waals surface area contributed by atoms with E-state index in [9.17, 15) is 0 Å². The molecular weight excluding hydrogens is 162 g/mol. The van der Waals surface area contributed by atoms with Crippen LogP contribution < -0.4 is 10.6 Å². The Balaban J connectivity index is 2.84. The minimum Gasteiger partial charge on any atom is -0.382 e. The van der Waals surface area contributed by atoms with E-state index in [1.54, 1.807) is 6.20 Å². The summed E-state index contributed by atoms with van der Waals surface area (Å²) in [6, 6.07) is 3.94. The maximum Gasteiger partial charge on any atom is 0.146 e. The Morgan fingerprint density at radius 1 is 1.46 bits per heavy atom. The second-order valence-electron chi connectivity index (χ2n) is 2.99. The van der Waals surface area contributed by atoms with E-state index < -0.39 is 0 Å². The highest BCUT2D eigenvalue weighted by Gasteiger charge is 2.05. The van der Waals surface area contributed by atoms with E-state index in [4.69, 9.17) is 5.73 Å². The van der Waals surface area contributed by atoms with Crippen molar-refractivity contribution in [1.29, 1.82) is 0 Å². The monoisotopic (exact) mass is 179 g/mol. The third-order valence-corrected chi connectivity index (χ3v) is 2.03. The summed E-state index contributed by atoms with van der Waals surface area (Å²) in [4.78, 5) is 6.30. The number of pyridine rings is 1. The van der Waals surface area contributed by atoms with E-state index in [0.717, 1.165) is 25.2 Å². The van der Waals surface area contributed by atoms with Crippen molar-refractivity contribution in [2.24, 2.45) is 0 Å². The predicted molar refractivity (Wildman–Crippen MR) is 56.8 cm³/mol. The van der Waals surface area contributed by atoms with Crippen LogP contribution in [0.15, 0.2) is 18.3 Å². The molecule has 1 aromatic rings. The van der Waals surface area contributed by atoms with Crippen LogP contribution in [0.3, 0.4) is 0 Å². The lowest BCUT2D eigenvalue weighted by atomic mass is 10.3. The Morgan fingerprint density at radius 3 is 2.77 bits per heavy atom. The molecule has 0 unspecified atom stereocenters. The minimum absolute atomic E-state index is 0.623. The second kappa shape index (κ2) is 4.70. The van der Waals surface area contributed by atoms with Gasteiger partial charge in [0.15, 0.2) is 0 Å². The number of hydrogen-bond donors (Lipinski definition) is 1. The Hall–Kier alpha value is -1.25. The molecule has 0 aromatic carbocycles. The average molecular weight is 179 g/mol. The first-order valence-corrected chi connectivity index (χ1v) is 4.75. The molecule has 3 nitrogen and oxygen atoms in total. The highest BCUT2D eigenvalue weighted by molar-refractivity contribution is 5.62. The van der Waals surface area contributed by atoms with Crippen molar-refractivity contribution in [2.75, 3.05) is 23.7 Å². The van der Waals surface area contributed by atoms with Gasteiger partial charge < -0.3 is 10.6 Å². The van der Waals surface area contributed by atoms with Crippen LogP contribution >= 0.6 is 0 Å². The fourth-order valence-electron chi connectivity index (χ4n) is 1.40. The minimum atomic E-state index is 0.623. The molecule has 3 heteroatoms. The van der Waals surface area contributed by atoms with E-state index in [0.29, 0.717) is 5.82 Å². The first-order valence-electron chi connectivity index (χ1n) is 4.75. The molecule has 0 spiro atoms. The number of anilines is 2. The molecule has 1 heterocycles. The molecular formula is C10H17N3. The van der Waals surface area contributed by atoms with Crippen LogP contribution in [-0.2, 0) is 0 Å².